The van der Waals surface area contributed by atoms with E-state index in [1.165, 1.54) is 22.3 Å². The zero-order chi connectivity index (χ0) is 13.4. The van der Waals surface area contributed by atoms with E-state index in [1.54, 1.807) is 11.3 Å². The van der Waals surface area contributed by atoms with Gasteiger partial charge in [-0.15, -0.1) is 11.3 Å². The van der Waals surface area contributed by atoms with Gasteiger partial charge >= 0.3 is 0 Å². The molecule has 0 radical (unpaired) electrons. The van der Waals surface area contributed by atoms with Crippen molar-refractivity contribution in [3.63, 3.8) is 0 Å². The summed E-state index contributed by atoms with van der Waals surface area (Å²) < 4.78 is 4.35. The molecule has 0 bridgehead atoms. The largest absolute Gasteiger partial charge is 0.382 e. The maximum absolute atomic E-state index is 6.07. The highest BCUT2D eigenvalue weighted by Gasteiger charge is 2.26. The van der Waals surface area contributed by atoms with Crippen LogP contribution in [0.25, 0.3) is 10.6 Å². The number of nitrogen functional groups attached to an aromatic ring is 1. The van der Waals surface area contributed by atoms with Crippen molar-refractivity contribution in [1.29, 1.82) is 0 Å². The van der Waals surface area contributed by atoms with Crippen LogP contribution >= 0.6 is 34.6 Å². The lowest BCUT2D eigenvalue weighted by molar-refractivity contribution is 0.706. The summed E-state index contributed by atoms with van der Waals surface area (Å²) in [7, 11) is 0. The van der Waals surface area contributed by atoms with Gasteiger partial charge in [0.05, 0.1) is 5.56 Å². The number of hydrogen-bond donors (Lipinski definition) is 1. The van der Waals surface area contributed by atoms with Crippen molar-refractivity contribution in [3.8, 4) is 10.6 Å². The van der Waals surface area contributed by atoms with Crippen molar-refractivity contribution in [1.82, 2.24) is 9.36 Å². The number of aromatic nitrogens is 2. The van der Waals surface area contributed by atoms with Gasteiger partial charge < -0.3 is 10.6 Å². The molecule has 0 amide bonds. The number of hydrogen-bond acceptors (Lipinski definition) is 7. The molecule has 4 nitrogen and oxygen atoms in total. The summed E-state index contributed by atoms with van der Waals surface area (Å²) in [4.78, 5) is 7.00. The molecular weight excluding hydrogens is 296 g/mol. The van der Waals surface area contributed by atoms with E-state index in [0.717, 1.165) is 28.6 Å². The van der Waals surface area contributed by atoms with Gasteiger partial charge in [0.25, 0.3) is 0 Å². The number of thioether (sulfide) groups is 1. The fourth-order valence-corrected chi connectivity index (χ4v) is 5.06. The average molecular weight is 312 g/mol. The summed E-state index contributed by atoms with van der Waals surface area (Å²) in [6.45, 7) is 5.33. The Balaban J connectivity index is 2.03. The van der Waals surface area contributed by atoms with Gasteiger partial charge in [-0.1, -0.05) is 0 Å². The van der Waals surface area contributed by atoms with Gasteiger partial charge in [-0.2, -0.15) is 16.1 Å². The molecular formula is C12H16N4S3. The average Bonchev–Trinajstić information content (AvgIpc) is 2.96. The van der Waals surface area contributed by atoms with E-state index in [4.69, 9.17) is 5.73 Å². The normalized spacial score (nSPS) is 19.9. The van der Waals surface area contributed by atoms with E-state index in [0.29, 0.717) is 11.9 Å². The van der Waals surface area contributed by atoms with Gasteiger partial charge in [-0.05, 0) is 25.4 Å². The predicted octanol–water partition coefficient (Wildman–Crippen LogP) is 3.10. The van der Waals surface area contributed by atoms with Crippen molar-refractivity contribution in [2.45, 2.75) is 19.9 Å². The number of rotatable bonds is 2. The molecule has 2 N–H and O–H groups in total. The Kier molecular flexibility index (Phi) is 3.68. The third-order valence-corrected chi connectivity index (χ3v) is 6.23. The quantitative estimate of drug-likeness (QED) is 0.923. The molecule has 1 fully saturated rings. The smallest absolute Gasteiger partial charge is 0.149 e. The van der Waals surface area contributed by atoms with Crippen LogP contribution in [-0.4, -0.2) is 33.4 Å². The highest BCUT2D eigenvalue weighted by molar-refractivity contribution is 7.99. The number of nitrogens with two attached hydrogens (primary N) is 1. The fourth-order valence-electron chi connectivity index (χ4n) is 2.19. The molecule has 1 atom stereocenters. The van der Waals surface area contributed by atoms with Crippen LogP contribution in [0.2, 0.25) is 0 Å². The molecule has 2 aromatic heterocycles. The van der Waals surface area contributed by atoms with Gasteiger partial charge in [0, 0.05) is 35.2 Å². The van der Waals surface area contributed by atoms with Crippen LogP contribution in [0, 0.1) is 6.92 Å². The maximum Gasteiger partial charge on any atom is 0.149 e. The zero-order valence-corrected chi connectivity index (χ0v) is 13.4. The van der Waals surface area contributed by atoms with E-state index >= 15 is 0 Å². The van der Waals surface area contributed by atoms with E-state index < -0.39 is 0 Å². The van der Waals surface area contributed by atoms with Crippen LogP contribution in [0.15, 0.2) is 5.38 Å². The molecule has 1 aliphatic rings. The molecule has 1 unspecified atom stereocenters. The molecule has 0 saturated carbocycles. The lowest BCUT2D eigenvalue weighted by Crippen LogP contribution is -2.40. The molecule has 0 spiro atoms. The first-order valence-corrected chi connectivity index (χ1v) is 8.99. The third kappa shape index (κ3) is 2.46. The summed E-state index contributed by atoms with van der Waals surface area (Å²) in [5.41, 5.74) is 8.14. The number of aryl methyl sites for hydroxylation is 1. The predicted molar refractivity (Wildman–Crippen MR) is 86.5 cm³/mol. The first-order chi connectivity index (χ1) is 9.16. The Bertz CT molecular complexity index is 577. The van der Waals surface area contributed by atoms with Gasteiger partial charge in [-0.25, -0.2) is 4.98 Å². The number of thiazole rings is 1. The topological polar surface area (TPSA) is 55.0 Å². The monoisotopic (exact) mass is 312 g/mol. The summed E-state index contributed by atoms with van der Waals surface area (Å²) in [5.74, 6) is 2.94. The summed E-state index contributed by atoms with van der Waals surface area (Å²) in [6, 6.07) is 0.526. The van der Waals surface area contributed by atoms with Crippen molar-refractivity contribution in [2.24, 2.45) is 0 Å². The van der Waals surface area contributed by atoms with Gasteiger partial charge in [0.2, 0.25) is 0 Å². The van der Waals surface area contributed by atoms with Gasteiger partial charge in [-0.3, -0.25) is 0 Å². The van der Waals surface area contributed by atoms with Crippen molar-refractivity contribution >= 4 is 45.5 Å². The molecule has 19 heavy (non-hydrogen) atoms. The molecule has 7 heteroatoms. The minimum Gasteiger partial charge on any atom is -0.382 e. The summed E-state index contributed by atoms with van der Waals surface area (Å²) in [5, 5.41) is 4.23. The van der Waals surface area contributed by atoms with E-state index in [9.17, 15) is 0 Å². The van der Waals surface area contributed by atoms with E-state index in [2.05, 4.69) is 26.6 Å². The zero-order valence-electron chi connectivity index (χ0n) is 10.9. The third-order valence-electron chi connectivity index (χ3n) is 3.16. The van der Waals surface area contributed by atoms with Crippen LogP contribution in [0.5, 0.6) is 0 Å². The van der Waals surface area contributed by atoms with Crippen LogP contribution in [0.4, 0.5) is 10.8 Å². The second kappa shape index (κ2) is 5.30. The van der Waals surface area contributed by atoms with Crippen LogP contribution in [-0.2, 0) is 0 Å². The summed E-state index contributed by atoms with van der Waals surface area (Å²) in [6.07, 6.45) is 0. The Labute approximate surface area is 125 Å². The molecule has 1 aliphatic heterocycles. The van der Waals surface area contributed by atoms with Gasteiger partial charge in [0.1, 0.15) is 15.8 Å². The molecule has 3 rings (SSSR count). The highest BCUT2D eigenvalue weighted by atomic mass is 32.2. The van der Waals surface area contributed by atoms with Gasteiger partial charge in [0.15, 0.2) is 0 Å². The second-order valence-electron chi connectivity index (χ2n) is 4.66. The minimum absolute atomic E-state index is 0.526. The molecule has 0 aromatic carbocycles. The Hall–Kier alpha value is -0.790. The van der Waals surface area contributed by atoms with Crippen LogP contribution in [0.1, 0.15) is 12.6 Å². The second-order valence-corrected chi connectivity index (χ2v) is 7.42. The van der Waals surface area contributed by atoms with Crippen LogP contribution in [0.3, 0.4) is 0 Å². The Morgan fingerprint density at radius 3 is 3.00 bits per heavy atom. The first-order valence-electron chi connectivity index (χ1n) is 6.19. The standard InChI is InChI=1S/C12H16N4S3/c1-7-5-18-11(14-7)9-10(13)15-19-12(9)16-3-4-17-6-8(16)2/h5,8H,3-4,6H2,1-2H3,(H2,13,15). The molecule has 3 heterocycles. The number of nitrogens with zero attached hydrogens (tertiary/aromatic N) is 3. The Morgan fingerprint density at radius 2 is 2.32 bits per heavy atom. The highest BCUT2D eigenvalue weighted by Crippen LogP contribution is 2.42. The molecule has 1 saturated heterocycles. The van der Waals surface area contributed by atoms with Crippen LogP contribution < -0.4 is 10.6 Å². The van der Waals surface area contributed by atoms with E-state index in [-0.39, 0.29) is 0 Å². The van der Waals surface area contributed by atoms with E-state index in [1.807, 2.05) is 18.7 Å². The minimum atomic E-state index is 0.526. The van der Waals surface area contributed by atoms with Crippen molar-refractivity contribution in [2.75, 3.05) is 28.7 Å². The number of anilines is 2. The first kappa shape index (κ1) is 13.2. The lowest BCUT2D eigenvalue weighted by atomic mass is 10.2. The Morgan fingerprint density at radius 1 is 1.47 bits per heavy atom. The summed E-state index contributed by atoms with van der Waals surface area (Å²) >= 11 is 5.16. The molecule has 2 aromatic rings. The van der Waals surface area contributed by atoms with Crippen molar-refractivity contribution in [3.05, 3.63) is 11.1 Å². The SMILES string of the molecule is Cc1csc(-c2c(N)nsc2N2CCSCC2C)n1. The maximum atomic E-state index is 6.07. The lowest BCUT2D eigenvalue weighted by Gasteiger charge is -2.34. The van der Waals surface area contributed by atoms with Crippen molar-refractivity contribution < 1.29 is 0 Å². The fraction of sp³-hybridized carbons (Fsp3) is 0.500. The molecule has 102 valence electrons. The molecule has 0 aliphatic carbocycles.